The van der Waals surface area contributed by atoms with E-state index in [4.69, 9.17) is 11.6 Å². The molecule has 0 radical (unpaired) electrons. The lowest BCUT2D eigenvalue weighted by atomic mass is 10.0. The lowest BCUT2D eigenvalue weighted by molar-refractivity contribution is 0.136. The van der Waals surface area contributed by atoms with Gasteiger partial charge in [-0.1, -0.05) is 23.7 Å². The van der Waals surface area contributed by atoms with Crippen molar-refractivity contribution >= 4 is 11.6 Å². The van der Waals surface area contributed by atoms with Crippen LogP contribution in [0.2, 0.25) is 5.02 Å². The van der Waals surface area contributed by atoms with Crippen molar-refractivity contribution in [3.63, 3.8) is 0 Å². The Hall–Kier alpha value is -0.570. The number of hydrogen-bond acceptors (Lipinski definition) is 2. The molecule has 2 unspecified atom stereocenters. The van der Waals surface area contributed by atoms with Crippen LogP contribution in [-0.2, 0) is 6.42 Å². The molecule has 2 nitrogen and oxygen atoms in total. The molecule has 1 aliphatic rings. The first-order chi connectivity index (χ1) is 7.25. The molecule has 1 aromatic carbocycles. The Bertz CT molecular complexity index is 306. The van der Waals surface area contributed by atoms with Gasteiger partial charge < -0.3 is 10.4 Å². The second-order valence-corrected chi connectivity index (χ2v) is 4.54. The molecule has 1 aromatic rings. The number of benzene rings is 1. The highest BCUT2D eigenvalue weighted by atomic mass is 35.5. The summed E-state index contributed by atoms with van der Waals surface area (Å²) in [6.45, 7) is 1.03. The van der Waals surface area contributed by atoms with Crippen molar-refractivity contribution < 1.29 is 5.11 Å². The van der Waals surface area contributed by atoms with Crippen LogP contribution in [0, 0.1) is 0 Å². The number of aliphatic hydroxyl groups excluding tert-OH is 1. The molecule has 1 aliphatic heterocycles. The Morgan fingerprint density at radius 1 is 1.40 bits per heavy atom. The molecule has 0 aliphatic carbocycles. The molecule has 15 heavy (non-hydrogen) atoms. The predicted molar refractivity (Wildman–Crippen MR) is 62.2 cm³/mol. The molecular formula is C12H16ClNO. The maximum absolute atomic E-state index is 9.98. The van der Waals surface area contributed by atoms with Gasteiger partial charge in [-0.15, -0.1) is 0 Å². The molecule has 1 heterocycles. The SMILES string of the molecule is OC(Cc1ccc(Cl)cc1)C1CCCN1. The van der Waals surface area contributed by atoms with Crippen molar-refractivity contribution in [3.8, 4) is 0 Å². The van der Waals surface area contributed by atoms with Crippen LogP contribution in [0.1, 0.15) is 18.4 Å². The van der Waals surface area contributed by atoms with Gasteiger partial charge in [0.2, 0.25) is 0 Å². The van der Waals surface area contributed by atoms with Gasteiger partial charge in [0.25, 0.3) is 0 Å². The summed E-state index contributed by atoms with van der Waals surface area (Å²) in [6, 6.07) is 7.94. The Kier molecular flexibility index (Phi) is 3.62. The summed E-state index contributed by atoms with van der Waals surface area (Å²) in [6.07, 6.45) is 2.67. The number of nitrogens with one attached hydrogen (secondary N) is 1. The third kappa shape index (κ3) is 2.94. The molecule has 0 amide bonds. The van der Waals surface area contributed by atoms with E-state index in [9.17, 15) is 5.11 Å². The molecule has 0 spiro atoms. The third-order valence-electron chi connectivity index (χ3n) is 2.92. The normalized spacial score (nSPS) is 22.9. The Morgan fingerprint density at radius 2 is 2.13 bits per heavy atom. The van der Waals surface area contributed by atoms with Gasteiger partial charge >= 0.3 is 0 Å². The lowest BCUT2D eigenvalue weighted by Crippen LogP contribution is -2.36. The fourth-order valence-corrected chi connectivity index (χ4v) is 2.17. The van der Waals surface area contributed by atoms with Crippen molar-refractivity contribution in [2.45, 2.75) is 31.4 Å². The predicted octanol–water partition coefficient (Wildman–Crippen LogP) is 2.00. The highest BCUT2D eigenvalue weighted by Gasteiger charge is 2.22. The van der Waals surface area contributed by atoms with E-state index in [0.717, 1.165) is 23.6 Å². The Morgan fingerprint density at radius 3 is 2.73 bits per heavy atom. The van der Waals surface area contributed by atoms with E-state index in [2.05, 4.69) is 5.32 Å². The molecule has 2 rings (SSSR count). The zero-order valence-electron chi connectivity index (χ0n) is 8.62. The summed E-state index contributed by atoms with van der Waals surface area (Å²) >= 11 is 5.80. The summed E-state index contributed by atoms with van der Waals surface area (Å²) in [5.41, 5.74) is 1.14. The van der Waals surface area contributed by atoms with Crippen LogP contribution < -0.4 is 5.32 Å². The number of halogens is 1. The van der Waals surface area contributed by atoms with Crippen molar-refractivity contribution in [2.75, 3.05) is 6.54 Å². The van der Waals surface area contributed by atoms with E-state index in [1.54, 1.807) is 0 Å². The van der Waals surface area contributed by atoms with E-state index in [0.29, 0.717) is 6.42 Å². The molecule has 0 bridgehead atoms. The molecule has 1 saturated heterocycles. The first-order valence-corrected chi connectivity index (χ1v) is 5.79. The van der Waals surface area contributed by atoms with Gasteiger partial charge in [0, 0.05) is 11.1 Å². The molecule has 82 valence electrons. The second-order valence-electron chi connectivity index (χ2n) is 4.10. The minimum Gasteiger partial charge on any atom is -0.391 e. The average molecular weight is 226 g/mol. The molecule has 2 atom stereocenters. The zero-order chi connectivity index (χ0) is 10.7. The van der Waals surface area contributed by atoms with Crippen LogP contribution in [-0.4, -0.2) is 23.8 Å². The van der Waals surface area contributed by atoms with Gasteiger partial charge in [-0.25, -0.2) is 0 Å². The minimum atomic E-state index is -0.284. The Labute approximate surface area is 95.3 Å². The van der Waals surface area contributed by atoms with E-state index < -0.39 is 0 Å². The van der Waals surface area contributed by atoms with Crippen LogP contribution >= 0.6 is 11.6 Å². The fourth-order valence-electron chi connectivity index (χ4n) is 2.04. The molecule has 0 saturated carbocycles. The van der Waals surface area contributed by atoms with Gasteiger partial charge in [0.05, 0.1) is 6.10 Å². The van der Waals surface area contributed by atoms with Crippen LogP contribution in [0.25, 0.3) is 0 Å². The highest BCUT2D eigenvalue weighted by Crippen LogP contribution is 2.15. The standard InChI is InChI=1S/C12H16ClNO/c13-10-5-3-9(4-6-10)8-12(15)11-2-1-7-14-11/h3-6,11-12,14-15H,1-2,7-8H2. The van der Waals surface area contributed by atoms with Gasteiger partial charge in [-0.05, 0) is 43.5 Å². The fraction of sp³-hybridized carbons (Fsp3) is 0.500. The molecule has 2 N–H and O–H groups in total. The summed E-state index contributed by atoms with van der Waals surface area (Å²) in [4.78, 5) is 0. The Balaban J connectivity index is 1.92. The van der Waals surface area contributed by atoms with Crippen LogP contribution in [0.5, 0.6) is 0 Å². The van der Waals surface area contributed by atoms with E-state index in [1.807, 2.05) is 24.3 Å². The van der Waals surface area contributed by atoms with Crippen molar-refractivity contribution in [1.82, 2.24) is 5.32 Å². The van der Waals surface area contributed by atoms with E-state index >= 15 is 0 Å². The van der Waals surface area contributed by atoms with Gasteiger partial charge in [-0.3, -0.25) is 0 Å². The highest BCUT2D eigenvalue weighted by molar-refractivity contribution is 6.30. The van der Waals surface area contributed by atoms with Crippen molar-refractivity contribution in [1.29, 1.82) is 0 Å². The smallest absolute Gasteiger partial charge is 0.0733 e. The summed E-state index contributed by atoms with van der Waals surface area (Å²) in [7, 11) is 0. The number of rotatable bonds is 3. The molecular weight excluding hydrogens is 210 g/mol. The maximum atomic E-state index is 9.98. The van der Waals surface area contributed by atoms with E-state index in [-0.39, 0.29) is 12.1 Å². The van der Waals surface area contributed by atoms with Gasteiger partial charge in [-0.2, -0.15) is 0 Å². The second kappa shape index (κ2) is 4.97. The third-order valence-corrected chi connectivity index (χ3v) is 3.17. The lowest BCUT2D eigenvalue weighted by Gasteiger charge is -2.18. The monoisotopic (exact) mass is 225 g/mol. The quantitative estimate of drug-likeness (QED) is 0.825. The molecule has 0 aromatic heterocycles. The van der Waals surface area contributed by atoms with Crippen molar-refractivity contribution in [2.24, 2.45) is 0 Å². The van der Waals surface area contributed by atoms with Gasteiger partial charge in [0.15, 0.2) is 0 Å². The summed E-state index contributed by atoms with van der Waals surface area (Å²) < 4.78 is 0. The van der Waals surface area contributed by atoms with Crippen LogP contribution in [0.15, 0.2) is 24.3 Å². The topological polar surface area (TPSA) is 32.3 Å². The largest absolute Gasteiger partial charge is 0.391 e. The van der Waals surface area contributed by atoms with E-state index in [1.165, 1.54) is 6.42 Å². The van der Waals surface area contributed by atoms with Crippen molar-refractivity contribution in [3.05, 3.63) is 34.9 Å². The first kappa shape index (κ1) is 10.9. The van der Waals surface area contributed by atoms with Crippen LogP contribution in [0.4, 0.5) is 0 Å². The average Bonchev–Trinajstić information content (AvgIpc) is 2.74. The summed E-state index contributed by atoms with van der Waals surface area (Å²) in [5, 5.41) is 14.0. The number of aliphatic hydroxyl groups is 1. The number of hydrogen-bond donors (Lipinski definition) is 2. The van der Waals surface area contributed by atoms with Gasteiger partial charge in [0.1, 0.15) is 0 Å². The zero-order valence-corrected chi connectivity index (χ0v) is 9.37. The molecule has 1 fully saturated rings. The summed E-state index contributed by atoms with van der Waals surface area (Å²) in [5.74, 6) is 0. The molecule has 3 heteroatoms. The maximum Gasteiger partial charge on any atom is 0.0733 e. The minimum absolute atomic E-state index is 0.265. The van der Waals surface area contributed by atoms with Crippen LogP contribution in [0.3, 0.4) is 0 Å². The first-order valence-electron chi connectivity index (χ1n) is 5.41.